The van der Waals surface area contributed by atoms with E-state index in [1.54, 1.807) is 0 Å². The monoisotopic (exact) mass is 213 g/mol. The zero-order chi connectivity index (χ0) is 6.91. The van der Waals surface area contributed by atoms with E-state index in [9.17, 15) is 0 Å². The van der Waals surface area contributed by atoms with Crippen LogP contribution in [0.5, 0.6) is 0 Å². The van der Waals surface area contributed by atoms with E-state index in [2.05, 4.69) is 44.4 Å². The molecule has 0 aliphatic carbocycles. The molecule has 1 heterocycles. The predicted octanol–water partition coefficient (Wildman–Crippen LogP) is 2.55. The molecule has 0 radical (unpaired) electrons. The van der Waals surface area contributed by atoms with Gasteiger partial charge in [-0.1, -0.05) is 0 Å². The molecular formula is C7H13NRu. The van der Waals surface area contributed by atoms with E-state index in [1.165, 1.54) is 0 Å². The van der Waals surface area contributed by atoms with Crippen molar-refractivity contribution in [3.63, 3.8) is 0 Å². The van der Waals surface area contributed by atoms with Gasteiger partial charge in [0.25, 0.3) is 0 Å². The third kappa shape index (κ3) is 1.65. The van der Waals surface area contributed by atoms with Crippen LogP contribution in [-0.4, -0.2) is 3.31 Å². The zero-order valence-electron chi connectivity index (χ0n) is 6.11. The Bertz CT molecular complexity index is 171. The first-order valence-corrected chi connectivity index (χ1v) is 8.73. The van der Waals surface area contributed by atoms with E-state index >= 15 is 0 Å². The summed E-state index contributed by atoms with van der Waals surface area (Å²) in [7, 11) is 0. The number of rotatable bonds is 1. The van der Waals surface area contributed by atoms with Gasteiger partial charge in [0.05, 0.1) is 0 Å². The summed E-state index contributed by atoms with van der Waals surface area (Å²) in [5.74, 6) is 0. The summed E-state index contributed by atoms with van der Waals surface area (Å²) < 4.78 is 2.36. The molecule has 0 amide bonds. The van der Waals surface area contributed by atoms with Gasteiger partial charge in [-0.2, -0.15) is 0 Å². The second-order valence-electron chi connectivity index (χ2n) is 2.55. The SMILES string of the molecule is [CH3][Ru]([CH3])([CH3])[n]1cccc1. The minimum atomic E-state index is -1.36. The van der Waals surface area contributed by atoms with Crippen LogP contribution in [0.3, 0.4) is 0 Å². The van der Waals surface area contributed by atoms with Gasteiger partial charge in [0.1, 0.15) is 0 Å². The molecule has 9 heavy (non-hydrogen) atoms. The number of hydrogen-bond donors (Lipinski definition) is 0. The van der Waals surface area contributed by atoms with Crippen LogP contribution >= 0.6 is 0 Å². The third-order valence-electron chi connectivity index (χ3n) is 1.11. The van der Waals surface area contributed by atoms with Crippen molar-refractivity contribution in [1.29, 1.82) is 0 Å². The Morgan fingerprint density at radius 2 is 1.44 bits per heavy atom. The van der Waals surface area contributed by atoms with Crippen LogP contribution in [0.15, 0.2) is 24.5 Å². The molecule has 1 aromatic heterocycles. The molecule has 0 saturated carbocycles. The van der Waals surface area contributed by atoms with Crippen LogP contribution in [0.1, 0.15) is 0 Å². The Balaban J connectivity index is 2.90. The molecule has 0 aromatic carbocycles. The van der Waals surface area contributed by atoms with Crippen LogP contribution in [0.25, 0.3) is 0 Å². The van der Waals surface area contributed by atoms with Crippen molar-refractivity contribution < 1.29 is 15.0 Å². The summed E-state index contributed by atoms with van der Waals surface area (Å²) in [5, 5.41) is 0. The van der Waals surface area contributed by atoms with Gasteiger partial charge in [0.15, 0.2) is 0 Å². The quantitative estimate of drug-likeness (QED) is 0.630. The first-order valence-electron chi connectivity index (χ1n) is 2.74. The Hall–Kier alpha value is -0.0966. The van der Waals surface area contributed by atoms with Gasteiger partial charge >= 0.3 is 59.4 Å². The fraction of sp³-hybridized carbons (Fsp3) is 0.429. The first-order chi connectivity index (χ1) is 4.11. The minimum absolute atomic E-state index is 1.36. The van der Waals surface area contributed by atoms with Crippen LogP contribution < -0.4 is 0 Å². The third-order valence-corrected chi connectivity index (χ3v) is 4.32. The summed E-state index contributed by atoms with van der Waals surface area (Å²) in [6.45, 7) is 0. The zero-order valence-corrected chi connectivity index (χ0v) is 7.85. The molecule has 1 aromatic rings. The molecule has 0 bridgehead atoms. The fourth-order valence-electron chi connectivity index (χ4n) is 0.626. The molecule has 0 unspecified atom stereocenters. The van der Waals surface area contributed by atoms with E-state index in [-0.39, 0.29) is 0 Å². The van der Waals surface area contributed by atoms with Gasteiger partial charge in [0, 0.05) is 0 Å². The average Bonchev–Trinajstić information content (AvgIpc) is 2.08. The molecule has 0 aliphatic heterocycles. The van der Waals surface area contributed by atoms with Crippen molar-refractivity contribution in [1.82, 2.24) is 3.31 Å². The molecule has 0 fully saturated rings. The van der Waals surface area contributed by atoms with Crippen LogP contribution in [0.2, 0.25) is 16.6 Å². The second-order valence-corrected chi connectivity index (χ2v) is 11.0. The number of aromatic nitrogens is 1. The van der Waals surface area contributed by atoms with Crippen molar-refractivity contribution in [2.24, 2.45) is 0 Å². The summed E-state index contributed by atoms with van der Waals surface area (Å²) in [6.07, 6.45) is 4.32. The Morgan fingerprint density at radius 3 is 1.67 bits per heavy atom. The molecule has 0 aliphatic rings. The maximum atomic E-state index is 2.36. The topological polar surface area (TPSA) is 4.93 Å². The summed E-state index contributed by atoms with van der Waals surface area (Å²) in [4.78, 5) is 0. The summed E-state index contributed by atoms with van der Waals surface area (Å²) >= 11 is -1.36. The van der Waals surface area contributed by atoms with Gasteiger partial charge in [-0.05, 0) is 0 Å². The molecule has 1 nitrogen and oxygen atoms in total. The van der Waals surface area contributed by atoms with E-state index < -0.39 is 15.0 Å². The van der Waals surface area contributed by atoms with Crippen LogP contribution in [-0.2, 0) is 15.0 Å². The summed E-state index contributed by atoms with van der Waals surface area (Å²) in [5.41, 5.74) is 7.07. The normalized spacial score (nSPS) is 13.7. The van der Waals surface area contributed by atoms with E-state index in [0.29, 0.717) is 0 Å². The van der Waals surface area contributed by atoms with Crippen molar-refractivity contribution in [2.45, 2.75) is 16.6 Å². The van der Waals surface area contributed by atoms with Crippen molar-refractivity contribution in [3.05, 3.63) is 24.5 Å². The molecule has 54 valence electrons. The predicted molar refractivity (Wildman–Crippen MR) is 37.4 cm³/mol. The van der Waals surface area contributed by atoms with Gasteiger partial charge in [-0.3, -0.25) is 0 Å². The molecule has 0 atom stereocenters. The Kier molecular flexibility index (Phi) is 1.76. The molecule has 0 saturated heterocycles. The fourth-order valence-corrected chi connectivity index (χ4v) is 2.48. The number of nitrogens with zero attached hydrogens (tertiary/aromatic N) is 1. The Labute approximate surface area is 59.8 Å². The van der Waals surface area contributed by atoms with Crippen LogP contribution in [0, 0.1) is 0 Å². The van der Waals surface area contributed by atoms with E-state index in [1.807, 2.05) is 0 Å². The van der Waals surface area contributed by atoms with Crippen molar-refractivity contribution in [2.75, 3.05) is 0 Å². The van der Waals surface area contributed by atoms with E-state index in [0.717, 1.165) is 0 Å². The van der Waals surface area contributed by atoms with Gasteiger partial charge in [0.2, 0.25) is 0 Å². The second kappa shape index (κ2) is 2.26. The Morgan fingerprint density at radius 1 is 1.00 bits per heavy atom. The first kappa shape index (κ1) is 7.02. The van der Waals surface area contributed by atoms with Gasteiger partial charge in [-0.25, -0.2) is 0 Å². The summed E-state index contributed by atoms with van der Waals surface area (Å²) in [6, 6.07) is 4.18. The van der Waals surface area contributed by atoms with Gasteiger partial charge in [-0.15, -0.1) is 0 Å². The maximum absolute atomic E-state index is 2.36. The number of hydrogen-bond acceptors (Lipinski definition) is 0. The molecular weight excluding hydrogens is 199 g/mol. The molecule has 1 rings (SSSR count). The molecule has 0 N–H and O–H groups in total. The van der Waals surface area contributed by atoms with Crippen molar-refractivity contribution in [3.8, 4) is 0 Å². The molecule has 2 heteroatoms. The molecule has 0 spiro atoms. The average molecular weight is 212 g/mol. The van der Waals surface area contributed by atoms with Crippen LogP contribution in [0.4, 0.5) is 0 Å². The standard InChI is InChI=1S/C4H4N.3CH3.Ru/c1-2-4-5-3-1;;;;/h1-4H;3*1H3;/q-1;;;;+1. The van der Waals surface area contributed by atoms with Crippen molar-refractivity contribution >= 4 is 0 Å². The van der Waals surface area contributed by atoms with E-state index in [4.69, 9.17) is 0 Å². The van der Waals surface area contributed by atoms with Gasteiger partial charge < -0.3 is 0 Å².